The van der Waals surface area contributed by atoms with Crippen molar-refractivity contribution in [3.05, 3.63) is 29.3 Å². The lowest BCUT2D eigenvalue weighted by Gasteiger charge is -2.30. The fraction of sp³-hybridized carbons (Fsp3) is 0.588. The smallest absolute Gasteiger partial charge is 0.257 e. The van der Waals surface area contributed by atoms with E-state index in [2.05, 4.69) is 5.32 Å². The van der Waals surface area contributed by atoms with Gasteiger partial charge in [-0.05, 0) is 55.9 Å². The quantitative estimate of drug-likeness (QED) is 0.839. The monoisotopic (exact) mass is 354 g/mol. The van der Waals surface area contributed by atoms with E-state index in [1.807, 2.05) is 32.0 Å². The summed E-state index contributed by atoms with van der Waals surface area (Å²) in [5.41, 5.74) is 2.32. The normalized spacial score (nSPS) is 16.8. The number of nitrogens with zero attached hydrogens (tertiary/aromatic N) is 1. The summed E-state index contributed by atoms with van der Waals surface area (Å²) in [6, 6.07) is 5.75. The predicted octanol–water partition coefficient (Wildman–Crippen LogP) is 1.47. The summed E-state index contributed by atoms with van der Waals surface area (Å²) in [5.74, 6) is 0.849. The Morgan fingerprint density at radius 2 is 1.92 bits per heavy atom. The van der Waals surface area contributed by atoms with Crippen molar-refractivity contribution in [3.63, 3.8) is 0 Å². The third kappa shape index (κ3) is 5.49. The number of amides is 1. The van der Waals surface area contributed by atoms with E-state index in [1.54, 1.807) is 0 Å². The highest BCUT2D eigenvalue weighted by Gasteiger charge is 2.24. The summed E-state index contributed by atoms with van der Waals surface area (Å²) in [5, 5.41) is 2.87. The molecule has 1 fully saturated rings. The molecule has 0 aliphatic carbocycles. The van der Waals surface area contributed by atoms with Gasteiger partial charge in [0.25, 0.3) is 5.91 Å². The number of carbonyl (C=O) groups excluding carboxylic acids is 1. The van der Waals surface area contributed by atoms with Gasteiger partial charge in [-0.1, -0.05) is 6.07 Å². The molecule has 0 unspecified atom stereocenters. The number of piperidine rings is 1. The van der Waals surface area contributed by atoms with Crippen LogP contribution in [0.15, 0.2) is 18.2 Å². The maximum atomic E-state index is 11.9. The molecule has 0 bridgehead atoms. The Labute approximate surface area is 144 Å². The molecule has 1 aromatic carbocycles. The first-order valence-electron chi connectivity index (χ1n) is 8.17. The molecule has 0 saturated carbocycles. The molecule has 0 radical (unpaired) electrons. The van der Waals surface area contributed by atoms with Crippen molar-refractivity contribution in [2.45, 2.75) is 26.7 Å². The summed E-state index contributed by atoms with van der Waals surface area (Å²) in [6.07, 6.45) is 2.77. The summed E-state index contributed by atoms with van der Waals surface area (Å²) in [4.78, 5) is 11.9. The first kappa shape index (κ1) is 18.7. The molecule has 0 aromatic heterocycles. The number of hydrogen-bond acceptors (Lipinski definition) is 4. The van der Waals surface area contributed by atoms with E-state index in [0.29, 0.717) is 31.3 Å². The van der Waals surface area contributed by atoms with Crippen molar-refractivity contribution >= 4 is 15.9 Å². The second-order valence-electron chi connectivity index (χ2n) is 6.44. The van der Waals surface area contributed by atoms with Crippen molar-refractivity contribution in [1.29, 1.82) is 0 Å². The number of ether oxygens (including phenoxy) is 1. The summed E-state index contributed by atoms with van der Waals surface area (Å²) < 4.78 is 29.9. The van der Waals surface area contributed by atoms with Gasteiger partial charge in [0, 0.05) is 19.6 Å². The fourth-order valence-electron chi connectivity index (χ4n) is 2.71. The maximum Gasteiger partial charge on any atom is 0.257 e. The lowest BCUT2D eigenvalue weighted by Crippen LogP contribution is -2.41. The molecule has 1 saturated heterocycles. The highest BCUT2D eigenvalue weighted by atomic mass is 32.2. The van der Waals surface area contributed by atoms with Gasteiger partial charge >= 0.3 is 0 Å². The first-order chi connectivity index (χ1) is 11.3. The van der Waals surface area contributed by atoms with Gasteiger partial charge in [-0.2, -0.15) is 0 Å². The Hall–Kier alpha value is -1.60. The molecule has 7 heteroatoms. The number of carbonyl (C=O) groups is 1. The standard InChI is InChI=1S/C17H26N2O4S/c1-13-4-5-16(10-14(13)2)23-12-17(20)18-11-15-6-8-19(9-7-15)24(3,21)22/h4-5,10,15H,6-9,11-12H2,1-3H3,(H,18,20). The molecule has 24 heavy (non-hydrogen) atoms. The van der Waals surface area contributed by atoms with Crippen molar-refractivity contribution in [2.24, 2.45) is 5.92 Å². The Morgan fingerprint density at radius 1 is 1.25 bits per heavy atom. The van der Waals surface area contributed by atoms with Gasteiger partial charge in [0.1, 0.15) is 5.75 Å². The van der Waals surface area contributed by atoms with Crippen LogP contribution < -0.4 is 10.1 Å². The van der Waals surface area contributed by atoms with Gasteiger partial charge in [-0.15, -0.1) is 0 Å². The second-order valence-corrected chi connectivity index (χ2v) is 8.43. The third-order valence-corrected chi connectivity index (χ3v) is 5.78. The summed E-state index contributed by atoms with van der Waals surface area (Å²) >= 11 is 0. The molecule has 134 valence electrons. The lowest BCUT2D eigenvalue weighted by atomic mass is 9.98. The van der Waals surface area contributed by atoms with Crippen LogP contribution in [-0.4, -0.2) is 51.1 Å². The van der Waals surface area contributed by atoms with Crippen LogP contribution in [-0.2, 0) is 14.8 Å². The van der Waals surface area contributed by atoms with Gasteiger partial charge < -0.3 is 10.1 Å². The van der Waals surface area contributed by atoms with Crippen molar-refractivity contribution in [3.8, 4) is 5.75 Å². The number of hydrogen-bond donors (Lipinski definition) is 1. The van der Waals surface area contributed by atoms with Gasteiger partial charge in [0.05, 0.1) is 6.26 Å². The Kier molecular flexibility index (Phi) is 6.23. The van der Waals surface area contributed by atoms with Crippen LogP contribution in [0.1, 0.15) is 24.0 Å². The fourth-order valence-corrected chi connectivity index (χ4v) is 3.58. The molecule has 1 aromatic rings. The average molecular weight is 354 g/mol. The highest BCUT2D eigenvalue weighted by molar-refractivity contribution is 7.88. The van der Waals surface area contributed by atoms with Crippen LogP contribution >= 0.6 is 0 Å². The molecule has 1 amide bonds. The van der Waals surface area contributed by atoms with Crippen molar-refractivity contribution in [1.82, 2.24) is 9.62 Å². The van der Waals surface area contributed by atoms with Gasteiger partial charge in [0.2, 0.25) is 10.0 Å². The number of aryl methyl sites for hydroxylation is 2. The first-order valence-corrected chi connectivity index (χ1v) is 10.0. The molecule has 1 N–H and O–H groups in total. The molecule has 1 aliphatic heterocycles. The topological polar surface area (TPSA) is 75.7 Å². The zero-order chi connectivity index (χ0) is 17.7. The van der Waals surface area contributed by atoms with Crippen LogP contribution in [0.3, 0.4) is 0 Å². The lowest BCUT2D eigenvalue weighted by molar-refractivity contribution is -0.123. The molecule has 6 nitrogen and oxygen atoms in total. The minimum atomic E-state index is -3.10. The van der Waals surface area contributed by atoms with Crippen molar-refractivity contribution in [2.75, 3.05) is 32.5 Å². The minimum Gasteiger partial charge on any atom is -0.484 e. The largest absolute Gasteiger partial charge is 0.484 e. The van der Waals surface area contributed by atoms with E-state index >= 15 is 0 Å². The van der Waals surface area contributed by atoms with Crippen LogP contribution in [0.25, 0.3) is 0 Å². The van der Waals surface area contributed by atoms with E-state index in [4.69, 9.17) is 4.74 Å². The molecular formula is C17H26N2O4S. The molecule has 1 heterocycles. The number of benzene rings is 1. The van der Waals surface area contributed by atoms with E-state index in [0.717, 1.165) is 18.4 Å². The van der Waals surface area contributed by atoms with Crippen molar-refractivity contribution < 1.29 is 17.9 Å². The van der Waals surface area contributed by atoms with E-state index in [-0.39, 0.29) is 12.5 Å². The summed E-state index contributed by atoms with van der Waals surface area (Å²) in [7, 11) is -3.10. The second kappa shape index (κ2) is 7.98. The van der Waals surface area contributed by atoms with E-state index in [9.17, 15) is 13.2 Å². The SMILES string of the molecule is Cc1ccc(OCC(=O)NCC2CCN(S(C)(=O)=O)CC2)cc1C. The van der Waals surface area contributed by atoms with Gasteiger partial charge in [0.15, 0.2) is 6.61 Å². The minimum absolute atomic E-state index is 0.00924. The van der Waals surface area contributed by atoms with Gasteiger partial charge in [-0.3, -0.25) is 4.79 Å². The molecular weight excluding hydrogens is 328 g/mol. The zero-order valence-electron chi connectivity index (χ0n) is 14.5. The average Bonchev–Trinajstić information content (AvgIpc) is 2.53. The molecule has 0 spiro atoms. The number of nitrogens with one attached hydrogen (secondary N) is 1. The van der Waals surface area contributed by atoms with Crippen LogP contribution in [0, 0.1) is 19.8 Å². The molecule has 0 atom stereocenters. The zero-order valence-corrected chi connectivity index (χ0v) is 15.4. The number of sulfonamides is 1. The van der Waals surface area contributed by atoms with Crippen LogP contribution in [0.5, 0.6) is 5.75 Å². The molecule has 1 aliphatic rings. The Bertz CT molecular complexity index is 680. The highest BCUT2D eigenvalue weighted by Crippen LogP contribution is 2.18. The maximum absolute atomic E-state index is 11.9. The summed E-state index contributed by atoms with van der Waals surface area (Å²) in [6.45, 7) is 5.64. The number of rotatable bonds is 6. The molecule has 2 rings (SSSR count). The van der Waals surface area contributed by atoms with Crippen LogP contribution in [0.2, 0.25) is 0 Å². The van der Waals surface area contributed by atoms with Gasteiger partial charge in [-0.25, -0.2) is 12.7 Å². The van der Waals surface area contributed by atoms with Crippen LogP contribution in [0.4, 0.5) is 0 Å². The predicted molar refractivity (Wildman–Crippen MR) is 93.6 cm³/mol. The Balaban J connectivity index is 1.69. The Morgan fingerprint density at radius 3 is 2.50 bits per heavy atom. The van der Waals surface area contributed by atoms with E-state index < -0.39 is 10.0 Å². The third-order valence-electron chi connectivity index (χ3n) is 4.48. The van der Waals surface area contributed by atoms with E-state index in [1.165, 1.54) is 16.1 Å².